The fourth-order valence-corrected chi connectivity index (χ4v) is 2.07. The minimum atomic E-state index is -0.574. The monoisotopic (exact) mass is 280 g/mol. The van der Waals surface area contributed by atoms with Gasteiger partial charge < -0.3 is 10.2 Å². The summed E-state index contributed by atoms with van der Waals surface area (Å²) in [7, 11) is 1.73. The highest BCUT2D eigenvalue weighted by Gasteiger charge is 2.21. The molecule has 0 radical (unpaired) electrons. The van der Waals surface area contributed by atoms with Crippen LogP contribution in [-0.2, 0) is 16.1 Å². The lowest BCUT2D eigenvalue weighted by Gasteiger charge is -2.23. The van der Waals surface area contributed by atoms with E-state index >= 15 is 0 Å². The number of hydrogen-bond acceptors (Lipinski definition) is 3. The molecule has 2 amide bonds. The van der Waals surface area contributed by atoms with E-state index in [0.29, 0.717) is 6.54 Å². The fourth-order valence-electron chi connectivity index (χ4n) is 1.82. The number of carbonyl (C=O) groups is 2. The van der Waals surface area contributed by atoms with Crippen molar-refractivity contribution in [3.05, 3.63) is 35.4 Å². The van der Waals surface area contributed by atoms with Gasteiger partial charge in [-0.15, -0.1) is 0 Å². The molecule has 0 spiro atoms. The van der Waals surface area contributed by atoms with E-state index in [2.05, 4.69) is 17.9 Å². The second kappa shape index (κ2) is 7.19. The van der Waals surface area contributed by atoms with Crippen molar-refractivity contribution in [2.75, 3.05) is 12.8 Å². The van der Waals surface area contributed by atoms with Crippen LogP contribution in [0.3, 0.4) is 0 Å². The standard InChI is InChI=1S/C14H20N2O2S/c1-10-6-4-5-7-12(10)8-16(3)14(18)13(9-19)15-11(2)17/h4-7,13,19H,8-9H2,1-3H3,(H,15,17). The Morgan fingerprint density at radius 3 is 2.53 bits per heavy atom. The molecule has 0 aliphatic carbocycles. The van der Waals surface area contributed by atoms with Crippen LogP contribution in [0.2, 0.25) is 0 Å². The Bertz CT molecular complexity index is 463. The van der Waals surface area contributed by atoms with Crippen molar-refractivity contribution in [1.82, 2.24) is 10.2 Å². The lowest BCUT2D eigenvalue weighted by molar-refractivity contribution is -0.134. The van der Waals surface area contributed by atoms with Crippen LogP contribution >= 0.6 is 12.6 Å². The first-order chi connectivity index (χ1) is 8.95. The van der Waals surface area contributed by atoms with Crippen LogP contribution in [0.5, 0.6) is 0 Å². The average molecular weight is 280 g/mol. The smallest absolute Gasteiger partial charge is 0.246 e. The van der Waals surface area contributed by atoms with Crippen LogP contribution < -0.4 is 5.32 Å². The fraction of sp³-hybridized carbons (Fsp3) is 0.429. The molecule has 0 saturated heterocycles. The summed E-state index contributed by atoms with van der Waals surface area (Å²) >= 11 is 4.11. The SMILES string of the molecule is CC(=O)NC(CS)C(=O)N(C)Cc1ccccc1C. The second-order valence-corrected chi connectivity index (χ2v) is 4.92. The number of carbonyl (C=O) groups excluding carboxylic acids is 2. The summed E-state index contributed by atoms with van der Waals surface area (Å²) in [6.45, 7) is 3.93. The number of benzene rings is 1. The van der Waals surface area contributed by atoms with Gasteiger partial charge in [-0.25, -0.2) is 0 Å². The average Bonchev–Trinajstić information content (AvgIpc) is 2.37. The zero-order valence-electron chi connectivity index (χ0n) is 11.5. The molecule has 0 aliphatic rings. The van der Waals surface area contributed by atoms with Gasteiger partial charge in [0.25, 0.3) is 0 Å². The van der Waals surface area contributed by atoms with Crippen molar-refractivity contribution >= 4 is 24.4 Å². The van der Waals surface area contributed by atoms with E-state index in [0.717, 1.165) is 11.1 Å². The zero-order valence-corrected chi connectivity index (χ0v) is 12.4. The first-order valence-corrected chi connectivity index (χ1v) is 6.76. The van der Waals surface area contributed by atoms with E-state index in [-0.39, 0.29) is 17.6 Å². The third-order valence-corrected chi connectivity index (χ3v) is 3.27. The molecule has 1 unspecified atom stereocenters. The topological polar surface area (TPSA) is 49.4 Å². The van der Waals surface area contributed by atoms with Gasteiger partial charge in [0.1, 0.15) is 6.04 Å². The van der Waals surface area contributed by atoms with E-state index in [4.69, 9.17) is 0 Å². The van der Waals surface area contributed by atoms with E-state index in [1.807, 2.05) is 31.2 Å². The summed E-state index contributed by atoms with van der Waals surface area (Å²) in [6.07, 6.45) is 0. The lowest BCUT2D eigenvalue weighted by Crippen LogP contribution is -2.47. The summed E-state index contributed by atoms with van der Waals surface area (Å²) in [5.41, 5.74) is 2.24. The number of nitrogens with zero attached hydrogens (tertiary/aromatic N) is 1. The molecule has 104 valence electrons. The Kier molecular flexibility index (Phi) is 5.89. The molecule has 1 atom stereocenters. The van der Waals surface area contributed by atoms with Gasteiger partial charge in [-0.05, 0) is 18.1 Å². The van der Waals surface area contributed by atoms with Gasteiger partial charge in [0.15, 0.2) is 0 Å². The highest BCUT2D eigenvalue weighted by Crippen LogP contribution is 2.10. The maximum Gasteiger partial charge on any atom is 0.246 e. The molecule has 0 aromatic heterocycles. The predicted molar refractivity (Wildman–Crippen MR) is 79.1 cm³/mol. The van der Waals surface area contributed by atoms with Crippen molar-refractivity contribution in [3.8, 4) is 0 Å². The first-order valence-electron chi connectivity index (χ1n) is 6.13. The highest BCUT2D eigenvalue weighted by molar-refractivity contribution is 7.80. The minimum Gasteiger partial charge on any atom is -0.344 e. The van der Waals surface area contributed by atoms with Gasteiger partial charge in [-0.3, -0.25) is 9.59 Å². The number of thiol groups is 1. The first kappa shape index (κ1) is 15.6. The number of rotatable bonds is 5. The summed E-state index contributed by atoms with van der Waals surface area (Å²) in [4.78, 5) is 24.8. The molecule has 1 N–H and O–H groups in total. The maximum absolute atomic E-state index is 12.2. The van der Waals surface area contributed by atoms with Crippen LogP contribution in [0.15, 0.2) is 24.3 Å². The van der Waals surface area contributed by atoms with Crippen LogP contribution in [-0.4, -0.2) is 35.6 Å². The third-order valence-electron chi connectivity index (χ3n) is 2.90. The highest BCUT2D eigenvalue weighted by atomic mass is 32.1. The van der Waals surface area contributed by atoms with Gasteiger partial charge in [0.2, 0.25) is 11.8 Å². The van der Waals surface area contributed by atoms with Crippen molar-refractivity contribution in [1.29, 1.82) is 0 Å². The predicted octanol–water partition coefficient (Wildman–Crippen LogP) is 1.39. The van der Waals surface area contributed by atoms with E-state index in [1.54, 1.807) is 11.9 Å². The molecule has 0 saturated carbocycles. The Morgan fingerprint density at radius 2 is 2.00 bits per heavy atom. The van der Waals surface area contributed by atoms with Crippen LogP contribution in [0.1, 0.15) is 18.1 Å². The van der Waals surface area contributed by atoms with Crippen molar-refractivity contribution in [2.45, 2.75) is 26.4 Å². The molecule has 0 aliphatic heterocycles. The van der Waals surface area contributed by atoms with E-state index < -0.39 is 6.04 Å². The molecule has 1 rings (SSSR count). The van der Waals surface area contributed by atoms with Crippen molar-refractivity contribution in [2.24, 2.45) is 0 Å². The number of aryl methyl sites for hydroxylation is 1. The lowest BCUT2D eigenvalue weighted by atomic mass is 10.1. The summed E-state index contributed by atoms with van der Waals surface area (Å²) in [5, 5.41) is 2.60. The molecule has 0 heterocycles. The number of hydrogen-bond donors (Lipinski definition) is 2. The number of likely N-dealkylation sites (N-methyl/N-ethyl adjacent to an activating group) is 1. The number of nitrogens with one attached hydrogen (secondary N) is 1. The molecule has 4 nitrogen and oxygen atoms in total. The Labute approximate surface area is 119 Å². The van der Waals surface area contributed by atoms with Crippen LogP contribution in [0.25, 0.3) is 0 Å². The third kappa shape index (κ3) is 4.59. The molecule has 0 bridgehead atoms. The Hall–Kier alpha value is -1.49. The van der Waals surface area contributed by atoms with Gasteiger partial charge in [-0.2, -0.15) is 12.6 Å². The molecule has 0 fully saturated rings. The number of amides is 2. The van der Waals surface area contributed by atoms with E-state index in [1.165, 1.54) is 6.92 Å². The van der Waals surface area contributed by atoms with Gasteiger partial charge >= 0.3 is 0 Å². The molecule has 1 aromatic carbocycles. The zero-order chi connectivity index (χ0) is 14.4. The molecule has 19 heavy (non-hydrogen) atoms. The summed E-state index contributed by atoms with van der Waals surface area (Å²) in [5.74, 6) is -0.0681. The Morgan fingerprint density at radius 1 is 1.37 bits per heavy atom. The van der Waals surface area contributed by atoms with Crippen LogP contribution in [0, 0.1) is 6.92 Å². The van der Waals surface area contributed by atoms with Crippen LogP contribution in [0.4, 0.5) is 0 Å². The quantitative estimate of drug-likeness (QED) is 0.801. The minimum absolute atomic E-state index is 0.131. The van der Waals surface area contributed by atoms with Crippen molar-refractivity contribution < 1.29 is 9.59 Å². The van der Waals surface area contributed by atoms with Gasteiger partial charge in [0, 0.05) is 26.3 Å². The molecular formula is C14H20N2O2S. The Balaban J connectivity index is 2.71. The maximum atomic E-state index is 12.2. The normalized spacial score (nSPS) is 11.8. The molecule has 1 aromatic rings. The van der Waals surface area contributed by atoms with E-state index in [9.17, 15) is 9.59 Å². The second-order valence-electron chi connectivity index (χ2n) is 4.56. The van der Waals surface area contributed by atoms with Crippen molar-refractivity contribution in [3.63, 3.8) is 0 Å². The summed E-state index contributed by atoms with van der Waals surface area (Å²) < 4.78 is 0. The summed E-state index contributed by atoms with van der Waals surface area (Å²) in [6, 6.07) is 7.35. The molecular weight excluding hydrogens is 260 g/mol. The van der Waals surface area contributed by atoms with Gasteiger partial charge in [0.05, 0.1) is 0 Å². The largest absolute Gasteiger partial charge is 0.344 e. The van der Waals surface area contributed by atoms with Gasteiger partial charge in [-0.1, -0.05) is 24.3 Å². The molecule has 5 heteroatoms.